The van der Waals surface area contributed by atoms with Crippen LogP contribution in [0.4, 0.5) is 17.1 Å². The Morgan fingerprint density at radius 2 is 1.42 bits per heavy atom. The SMILES string of the molecule is O=C(CSc1nnc(-c2ccncc2)n1-c1ccccc1)Nc1ccc(N=Nc2ccccc2)cc1. The van der Waals surface area contributed by atoms with Crippen LogP contribution >= 0.6 is 11.8 Å². The van der Waals surface area contributed by atoms with Crippen molar-refractivity contribution in [2.24, 2.45) is 10.2 Å². The molecule has 0 aliphatic rings. The number of benzene rings is 3. The number of pyridine rings is 1. The Bertz CT molecular complexity index is 1460. The summed E-state index contributed by atoms with van der Waals surface area (Å²) in [6.45, 7) is 0. The molecule has 0 atom stereocenters. The van der Waals surface area contributed by atoms with Gasteiger partial charge in [-0.3, -0.25) is 14.3 Å². The quantitative estimate of drug-likeness (QED) is 0.198. The van der Waals surface area contributed by atoms with Gasteiger partial charge < -0.3 is 5.32 Å². The molecular weight excluding hydrogens is 470 g/mol. The molecule has 5 aromatic rings. The first-order valence-electron chi connectivity index (χ1n) is 11.2. The third kappa shape index (κ3) is 5.70. The number of carbonyl (C=O) groups excluding carboxylic acids is 1. The molecule has 36 heavy (non-hydrogen) atoms. The van der Waals surface area contributed by atoms with E-state index in [1.807, 2.05) is 89.5 Å². The van der Waals surface area contributed by atoms with Crippen molar-refractivity contribution < 1.29 is 4.79 Å². The number of anilines is 1. The molecule has 2 heterocycles. The number of nitrogens with one attached hydrogen (secondary N) is 1. The van der Waals surface area contributed by atoms with Gasteiger partial charge in [0.05, 0.1) is 17.1 Å². The smallest absolute Gasteiger partial charge is 0.234 e. The summed E-state index contributed by atoms with van der Waals surface area (Å²) >= 11 is 1.32. The van der Waals surface area contributed by atoms with Crippen LogP contribution in [-0.4, -0.2) is 31.4 Å². The van der Waals surface area contributed by atoms with Gasteiger partial charge in [0.25, 0.3) is 0 Å². The lowest BCUT2D eigenvalue weighted by Gasteiger charge is -2.10. The molecule has 176 valence electrons. The van der Waals surface area contributed by atoms with Gasteiger partial charge in [-0.1, -0.05) is 48.2 Å². The number of amides is 1. The van der Waals surface area contributed by atoms with Gasteiger partial charge in [0.1, 0.15) is 0 Å². The lowest BCUT2D eigenvalue weighted by atomic mass is 10.2. The molecule has 9 heteroatoms. The van der Waals surface area contributed by atoms with Crippen LogP contribution in [0.1, 0.15) is 0 Å². The Hall–Kier alpha value is -4.63. The minimum absolute atomic E-state index is 0.147. The molecule has 1 amide bonds. The first-order chi connectivity index (χ1) is 17.8. The molecule has 0 spiro atoms. The van der Waals surface area contributed by atoms with Crippen molar-refractivity contribution in [3.05, 3.63) is 109 Å². The second kappa shape index (κ2) is 11.2. The van der Waals surface area contributed by atoms with E-state index in [9.17, 15) is 4.79 Å². The summed E-state index contributed by atoms with van der Waals surface area (Å²) < 4.78 is 1.94. The maximum absolute atomic E-state index is 12.7. The number of hydrogen-bond donors (Lipinski definition) is 1. The number of rotatable bonds is 8. The predicted octanol–water partition coefficient (Wildman–Crippen LogP) is 6.48. The maximum atomic E-state index is 12.7. The highest BCUT2D eigenvalue weighted by Gasteiger charge is 2.17. The van der Waals surface area contributed by atoms with E-state index in [4.69, 9.17) is 0 Å². The minimum Gasteiger partial charge on any atom is -0.325 e. The maximum Gasteiger partial charge on any atom is 0.234 e. The molecule has 8 nitrogen and oxygen atoms in total. The summed E-state index contributed by atoms with van der Waals surface area (Å²) in [7, 11) is 0. The Morgan fingerprint density at radius 3 is 2.11 bits per heavy atom. The lowest BCUT2D eigenvalue weighted by molar-refractivity contribution is -0.113. The van der Waals surface area contributed by atoms with Crippen LogP contribution < -0.4 is 5.32 Å². The Kier molecular flexibility index (Phi) is 7.19. The normalized spacial score (nSPS) is 11.0. The molecule has 0 unspecified atom stereocenters. The van der Waals surface area contributed by atoms with Crippen molar-refractivity contribution >= 4 is 34.7 Å². The van der Waals surface area contributed by atoms with Gasteiger partial charge in [-0.2, -0.15) is 10.2 Å². The summed E-state index contributed by atoms with van der Waals surface area (Å²) in [5, 5.41) is 20.7. The van der Waals surface area contributed by atoms with E-state index in [0.29, 0.717) is 22.4 Å². The zero-order valence-electron chi connectivity index (χ0n) is 19.1. The summed E-state index contributed by atoms with van der Waals surface area (Å²) in [5.74, 6) is 0.718. The number of hydrogen-bond acceptors (Lipinski definition) is 7. The minimum atomic E-state index is -0.147. The fourth-order valence-corrected chi connectivity index (χ4v) is 4.16. The third-order valence-electron chi connectivity index (χ3n) is 5.11. The monoisotopic (exact) mass is 491 g/mol. The van der Waals surface area contributed by atoms with E-state index in [0.717, 1.165) is 16.9 Å². The fourth-order valence-electron chi connectivity index (χ4n) is 3.41. The van der Waals surface area contributed by atoms with Gasteiger partial charge in [0.2, 0.25) is 5.91 Å². The van der Waals surface area contributed by atoms with Gasteiger partial charge in [0.15, 0.2) is 11.0 Å². The standard InChI is InChI=1S/C27H21N7OS/c35-25(29-21-11-13-23(14-12-21)31-30-22-7-3-1-4-8-22)19-36-27-33-32-26(20-15-17-28-18-16-20)34(27)24-9-5-2-6-10-24/h1-18H,19H2,(H,29,35). The van der Waals surface area contributed by atoms with E-state index in [-0.39, 0.29) is 11.7 Å². The number of nitrogens with zero attached hydrogens (tertiary/aromatic N) is 6. The largest absolute Gasteiger partial charge is 0.325 e. The predicted molar refractivity (Wildman–Crippen MR) is 141 cm³/mol. The molecule has 0 bridgehead atoms. The van der Waals surface area contributed by atoms with Crippen LogP contribution in [0, 0.1) is 0 Å². The Labute approximate surface area is 212 Å². The molecule has 1 N–H and O–H groups in total. The Balaban J connectivity index is 1.25. The second-order valence-corrected chi connectivity index (χ2v) is 8.57. The van der Waals surface area contributed by atoms with Crippen LogP contribution in [0.3, 0.4) is 0 Å². The molecule has 0 saturated heterocycles. The van der Waals surface area contributed by atoms with Crippen molar-refractivity contribution in [1.82, 2.24) is 19.7 Å². The van der Waals surface area contributed by atoms with Crippen LogP contribution in [0.25, 0.3) is 17.1 Å². The van der Waals surface area contributed by atoms with Crippen LogP contribution in [-0.2, 0) is 4.79 Å². The highest BCUT2D eigenvalue weighted by Crippen LogP contribution is 2.28. The van der Waals surface area contributed by atoms with E-state index in [2.05, 4.69) is 30.7 Å². The van der Waals surface area contributed by atoms with E-state index < -0.39 is 0 Å². The molecule has 0 saturated carbocycles. The Morgan fingerprint density at radius 1 is 0.778 bits per heavy atom. The molecule has 0 fully saturated rings. The van der Waals surface area contributed by atoms with Crippen LogP contribution in [0.5, 0.6) is 0 Å². The number of azo groups is 1. The van der Waals surface area contributed by atoms with Crippen molar-refractivity contribution in [1.29, 1.82) is 0 Å². The molecule has 3 aromatic carbocycles. The second-order valence-electron chi connectivity index (χ2n) is 7.63. The fraction of sp³-hybridized carbons (Fsp3) is 0.0370. The number of para-hydroxylation sites is 1. The van der Waals surface area contributed by atoms with Crippen LogP contribution in [0.2, 0.25) is 0 Å². The third-order valence-corrected chi connectivity index (χ3v) is 6.04. The van der Waals surface area contributed by atoms with Crippen molar-refractivity contribution in [2.75, 3.05) is 11.1 Å². The van der Waals surface area contributed by atoms with Gasteiger partial charge in [-0.25, -0.2) is 0 Å². The van der Waals surface area contributed by atoms with E-state index in [1.165, 1.54) is 11.8 Å². The average molecular weight is 492 g/mol. The molecular formula is C27H21N7OS. The highest BCUT2D eigenvalue weighted by molar-refractivity contribution is 7.99. The summed E-state index contributed by atoms with van der Waals surface area (Å²) in [6.07, 6.45) is 3.43. The molecule has 0 aliphatic heterocycles. The summed E-state index contributed by atoms with van der Waals surface area (Å²) in [6, 6.07) is 30.3. The zero-order valence-corrected chi connectivity index (χ0v) is 19.9. The molecule has 0 aliphatic carbocycles. The molecule has 2 aromatic heterocycles. The lowest BCUT2D eigenvalue weighted by Crippen LogP contribution is -2.14. The first kappa shape index (κ1) is 23.1. The van der Waals surface area contributed by atoms with E-state index in [1.54, 1.807) is 24.5 Å². The van der Waals surface area contributed by atoms with Crippen LogP contribution in [0.15, 0.2) is 125 Å². The first-order valence-corrected chi connectivity index (χ1v) is 12.2. The topological polar surface area (TPSA) is 97.4 Å². The number of carbonyl (C=O) groups is 1. The van der Waals surface area contributed by atoms with Gasteiger partial charge in [-0.05, 0) is 60.7 Å². The van der Waals surface area contributed by atoms with Crippen molar-refractivity contribution in [3.63, 3.8) is 0 Å². The molecule has 0 radical (unpaired) electrons. The van der Waals surface area contributed by atoms with Crippen molar-refractivity contribution in [3.8, 4) is 17.1 Å². The van der Waals surface area contributed by atoms with Crippen molar-refractivity contribution in [2.45, 2.75) is 5.16 Å². The van der Waals surface area contributed by atoms with Gasteiger partial charge in [0, 0.05) is 29.3 Å². The number of aromatic nitrogens is 4. The zero-order chi connectivity index (χ0) is 24.6. The van der Waals surface area contributed by atoms with E-state index >= 15 is 0 Å². The summed E-state index contributed by atoms with van der Waals surface area (Å²) in [4.78, 5) is 16.7. The van der Waals surface area contributed by atoms with Gasteiger partial charge in [-0.15, -0.1) is 10.2 Å². The average Bonchev–Trinajstić information content (AvgIpc) is 3.37. The van der Waals surface area contributed by atoms with Gasteiger partial charge >= 0.3 is 0 Å². The highest BCUT2D eigenvalue weighted by atomic mass is 32.2. The molecule has 5 rings (SSSR count). The number of thioether (sulfide) groups is 1. The summed E-state index contributed by atoms with van der Waals surface area (Å²) in [5.41, 5.74) is 3.97.